The Hall–Kier alpha value is -1.91. The summed E-state index contributed by atoms with van der Waals surface area (Å²) in [5, 5.41) is 16.3. The van der Waals surface area contributed by atoms with Gasteiger partial charge in [0, 0.05) is 47.7 Å². The molecule has 2 aliphatic rings. The zero-order chi connectivity index (χ0) is 20.9. The number of hydrogen-bond donors (Lipinski definition) is 3. The van der Waals surface area contributed by atoms with Gasteiger partial charge in [0.15, 0.2) is 0 Å². The molecule has 1 spiro atoms. The van der Waals surface area contributed by atoms with Crippen molar-refractivity contribution in [3.05, 3.63) is 47.0 Å². The van der Waals surface area contributed by atoms with Crippen LogP contribution in [0.5, 0.6) is 5.75 Å². The number of aliphatic hydroxyl groups is 1. The lowest BCUT2D eigenvalue weighted by Crippen LogP contribution is -2.53. The summed E-state index contributed by atoms with van der Waals surface area (Å²) in [6.07, 6.45) is 1.46. The van der Waals surface area contributed by atoms with Crippen LogP contribution in [0.25, 0.3) is 10.9 Å². The van der Waals surface area contributed by atoms with Gasteiger partial charge in [0.05, 0.1) is 19.8 Å². The van der Waals surface area contributed by atoms with Gasteiger partial charge in [0.1, 0.15) is 9.96 Å². The summed E-state index contributed by atoms with van der Waals surface area (Å²) in [6.45, 7) is 1.69. The number of aromatic nitrogens is 1. The molecule has 1 atom stereocenters. The molecule has 7 nitrogen and oxygen atoms in total. The van der Waals surface area contributed by atoms with Crippen LogP contribution in [-0.2, 0) is 15.4 Å². The Labute approximate surface area is 179 Å². The SMILES string of the molecule is COc1ccc2c3c([nH]c2c1)[C@@H](CO)NCC31CCN(S(=O)(=O)c2cccs2)CC1. The van der Waals surface area contributed by atoms with Gasteiger partial charge in [-0.25, -0.2) is 8.42 Å². The molecular weight excluding hydrogens is 422 g/mol. The number of thiophene rings is 1. The number of aromatic amines is 1. The number of ether oxygens (including phenoxy) is 1. The quantitative estimate of drug-likeness (QED) is 0.572. The highest BCUT2D eigenvalue weighted by Crippen LogP contribution is 2.46. The van der Waals surface area contributed by atoms with E-state index in [1.165, 1.54) is 16.9 Å². The smallest absolute Gasteiger partial charge is 0.252 e. The minimum absolute atomic E-state index is 0.00587. The monoisotopic (exact) mass is 447 g/mol. The van der Waals surface area contributed by atoms with Crippen molar-refractivity contribution in [3.8, 4) is 5.75 Å². The first kappa shape index (κ1) is 20.0. The van der Waals surface area contributed by atoms with E-state index < -0.39 is 10.0 Å². The van der Waals surface area contributed by atoms with Crippen LogP contribution >= 0.6 is 11.3 Å². The Morgan fingerprint density at radius 1 is 1.30 bits per heavy atom. The lowest BCUT2D eigenvalue weighted by molar-refractivity contribution is 0.178. The van der Waals surface area contributed by atoms with Crippen molar-refractivity contribution in [2.24, 2.45) is 0 Å². The third-order valence-electron chi connectivity index (χ3n) is 6.55. The highest BCUT2D eigenvalue weighted by atomic mass is 32.2. The van der Waals surface area contributed by atoms with Gasteiger partial charge >= 0.3 is 0 Å². The van der Waals surface area contributed by atoms with E-state index in [1.54, 1.807) is 28.9 Å². The molecule has 0 saturated carbocycles. The molecule has 0 unspecified atom stereocenters. The van der Waals surface area contributed by atoms with E-state index in [0.717, 1.165) is 41.7 Å². The van der Waals surface area contributed by atoms with E-state index in [0.29, 0.717) is 17.3 Å². The van der Waals surface area contributed by atoms with E-state index in [4.69, 9.17) is 4.74 Å². The molecule has 1 fully saturated rings. The normalized spacial score (nSPS) is 21.7. The fourth-order valence-corrected chi connectivity index (χ4v) is 7.53. The molecule has 2 aliphatic heterocycles. The molecule has 30 heavy (non-hydrogen) atoms. The Morgan fingerprint density at radius 3 is 2.77 bits per heavy atom. The molecule has 0 radical (unpaired) electrons. The minimum Gasteiger partial charge on any atom is -0.497 e. The number of piperidine rings is 1. The lowest BCUT2D eigenvalue weighted by Gasteiger charge is -2.45. The van der Waals surface area contributed by atoms with Crippen molar-refractivity contribution in [2.75, 3.05) is 33.4 Å². The predicted octanol–water partition coefficient (Wildman–Crippen LogP) is 2.60. The summed E-state index contributed by atoms with van der Waals surface area (Å²) < 4.78 is 33.3. The minimum atomic E-state index is -3.44. The zero-order valence-electron chi connectivity index (χ0n) is 16.7. The first-order chi connectivity index (χ1) is 14.5. The largest absolute Gasteiger partial charge is 0.497 e. The molecule has 1 aromatic carbocycles. The second-order valence-electron chi connectivity index (χ2n) is 8.06. The number of benzene rings is 1. The highest BCUT2D eigenvalue weighted by molar-refractivity contribution is 7.91. The predicted molar refractivity (Wildman–Crippen MR) is 117 cm³/mol. The number of hydrogen-bond acceptors (Lipinski definition) is 6. The van der Waals surface area contributed by atoms with E-state index in [-0.39, 0.29) is 18.1 Å². The van der Waals surface area contributed by atoms with Crippen molar-refractivity contribution in [1.82, 2.24) is 14.6 Å². The molecule has 3 N–H and O–H groups in total. The number of sulfonamides is 1. The highest BCUT2D eigenvalue weighted by Gasteiger charge is 2.46. The van der Waals surface area contributed by atoms with Gasteiger partial charge in [0.25, 0.3) is 10.0 Å². The number of aliphatic hydroxyl groups excluding tert-OH is 1. The molecule has 0 aliphatic carbocycles. The third-order valence-corrected chi connectivity index (χ3v) is 9.82. The average molecular weight is 448 g/mol. The second-order valence-corrected chi connectivity index (χ2v) is 11.2. The number of rotatable bonds is 4. The van der Waals surface area contributed by atoms with Gasteiger partial charge in [-0.2, -0.15) is 4.31 Å². The Morgan fingerprint density at radius 2 is 2.10 bits per heavy atom. The van der Waals surface area contributed by atoms with Crippen LogP contribution in [-0.4, -0.2) is 56.2 Å². The van der Waals surface area contributed by atoms with Crippen LogP contribution < -0.4 is 10.1 Å². The topological polar surface area (TPSA) is 94.7 Å². The van der Waals surface area contributed by atoms with Gasteiger partial charge in [-0.15, -0.1) is 11.3 Å². The average Bonchev–Trinajstić information content (AvgIpc) is 3.43. The summed E-state index contributed by atoms with van der Waals surface area (Å²) >= 11 is 1.26. The van der Waals surface area contributed by atoms with Crippen LogP contribution in [0.3, 0.4) is 0 Å². The Bertz CT molecular complexity index is 1160. The maximum absolute atomic E-state index is 13.0. The first-order valence-electron chi connectivity index (χ1n) is 10.1. The van der Waals surface area contributed by atoms with Crippen LogP contribution in [0, 0.1) is 0 Å². The molecule has 0 amide bonds. The summed E-state index contributed by atoms with van der Waals surface area (Å²) in [7, 11) is -1.79. The number of fused-ring (bicyclic) bond motifs is 4. The number of nitrogens with one attached hydrogen (secondary N) is 2. The molecule has 0 bridgehead atoms. The van der Waals surface area contributed by atoms with Crippen molar-refractivity contribution in [2.45, 2.75) is 28.5 Å². The maximum Gasteiger partial charge on any atom is 0.252 e. The Balaban J connectivity index is 1.52. The molecule has 3 aromatic rings. The van der Waals surface area contributed by atoms with Gasteiger partial charge < -0.3 is 20.1 Å². The fraction of sp³-hybridized carbons (Fsp3) is 0.429. The standard InChI is InChI=1S/C21H25N3O4S2/c1-28-14-4-5-15-16(11-14)23-20-17(12-25)22-13-21(19(15)20)6-8-24(9-7-21)30(26,27)18-3-2-10-29-18/h2-5,10-11,17,22-23,25H,6-9,12-13H2,1H3/t17-/m1/s1. The van der Waals surface area contributed by atoms with Crippen molar-refractivity contribution < 1.29 is 18.3 Å². The van der Waals surface area contributed by atoms with Crippen LogP contribution in [0.2, 0.25) is 0 Å². The van der Waals surface area contributed by atoms with Gasteiger partial charge in [-0.3, -0.25) is 0 Å². The molecule has 160 valence electrons. The van der Waals surface area contributed by atoms with Crippen LogP contribution in [0.15, 0.2) is 39.9 Å². The molecule has 2 aromatic heterocycles. The summed E-state index contributed by atoms with van der Waals surface area (Å²) in [5.74, 6) is 0.778. The number of methoxy groups -OCH3 is 1. The summed E-state index contributed by atoms with van der Waals surface area (Å²) in [4.78, 5) is 3.49. The van der Waals surface area contributed by atoms with Crippen molar-refractivity contribution in [1.29, 1.82) is 0 Å². The van der Waals surface area contributed by atoms with Gasteiger partial charge in [-0.1, -0.05) is 6.07 Å². The van der Waals surface area contributed by atoms with E-state index in [2.05, 4.69) is 16.4 Å². The maximum atomic E-state index is 13.0. The van der Waals surface area contributed by atoms with Crippen molar-refractivity contribution in [3.63, 3.8) is 0 Å². The Kier molecular flexibility index (Phi) is 4.90. The van der Waals surface area contributed by atoms with E-state index >= 15 is 0 Å². The number of H-pyrrole nitrogens is 1. The van der Waals surface area contributed by atoms with Gasteiger partial charge in [0.2, 0.25) is 0 Å². The first-order valence-corrected chi connectivity index (χ1v) is 12.4. The van der Waals surface area contributed by atoms with Crippen LogP contribution in [0.1, 0.15) is 30.1 Å². The molecule has 4 heterocycles. The fourth-order valence-electron chi connectivity index (χ4n) is 4.94. The molecule has 5 rings (SSSR count). The molecule has 1 saturated heterocycles. The van der Waals surface area contributed by atoms with E-state index in [1.807, 2.05) is 12.1 Å². The molecular formula is C21H25N3O4S2. The summed E-state index contributed by atoms with van der Waals surface area (Å²) in [6, 6.07) is 9.29. The van der Waals surface area contributed by atoms with E-state index in [9.17, 15) is 13.5 Å². The lowest BCUT2D eigenvalue weighted by atomic mass is 9.69. The second kappa shape index (κ2) is 7.35. The zero-order valence-corrected chi connectivity index (χ0v) is 18.4. The summed E-state index contributed by atoms with van der Waals surface area (Å²) in [5.41, 5.74) is 3.03. The van der Waals surface area contributed by atoms with Crippen molar-refractivity contribution >= 4 is 32.3 Å². The third kappa shape index (κ3) is 2.99. The van der Waals surface area contributed by atoms with Crippen LogP contribution in [0.4, 0.5) is 0 Å². The van der Waals surface area contributed by atoms with Gasteiger partial charge in [-0.05, 0) is 42.0 Å². The number of nitrogens with zero attached hydrogens (tertiary/aromatic N) is 1. The molecule has 9 heteroatoms.